The molecular formula is C12H13NO4S. The van der Waals surface area contributed by atoms with Gasteiger partial charge >= 0.3 is 5.97 Å². The first-order chi connectivity index (χ1) is 8.63. The average molecular weight is 267 g/mol. The Balaban J connectivity index is 2.05. The second kappa shape index (κ2) is 5.30. The molecule has 96 valence electrons. The summed E-state index contributed by atoms with van der Waals surface area (Å²) in [6.07, 6.45) is 0. The minimum absolute atomic E-state index is 0.119. The molecule has 1 fully saturated rings. The topological polar surface area (TPSA) is 63.7 Å². The third-order valence-electron chi connectivity index (χ3n) is 2.72. The lowest BCUT2D eigenvalue weighted by molar-refractivity contribution is -0.151. The van der Waals surface area contributed by atoms with E-state index in [0.29, 0.717) is 6.54 Å². The number of nitrogens with zero attached hydrogens (tertiary/aromatic N) is 1. The van der Waals surface area contributed by atoms with Gasteiger partial charge in [-0.05, 0) is 18.4 Å². The minimum atomic E-state index is -0.961. The van der Waals surface area contributed by atoms with Gasteiger partial charge in [-0.2, -0.15) is 0 Å². The molecule has 1 aliphatic heterocycles. The molecule has 2 rings (SSSR count). The maximum Gasteiger partial charge on any atom is 0.318 e. The second-order valence-corrected chi connectivity index (χ2v) is 4.97. The van der Waals surface area contributed by atoms with E-state index >= 15 is 0 Å². The smallest absolute Gasteiger partial charge is 0.318 e. The summed E-state index contributed by atoms with van der Waals surface area (Å²) < 4.78 is 4.79. The Labute approximate surface area is 108 Å². The van der Waals surface area contributed by atoms with E-state index in [2.05, 4.69) is 0 Å². The Morgan fingerprint density at radius 3 is 2.94 bits per heavy atom. The van der Waals surface area contributed by atoms with Crippen molar-refractivity contribution in [3.63, 3.8) is 0 Å². The standard InChI is InChI=1S/C12H13NO4S/c1-2-17-12(16)9-7-13(11(15)10(9)14)6-8-4-3-5-18-8/h3-5,9H,2,6-7H2,1H3/t9-/m1/s1. The van der Waals surface area contributed by atoms with Crippen LogP contribution in [0.5, 0.6) is 0 Å². The van der Waals surface area contributed by atoms with Crippen LogP contribution in [-0.2, 0) is 25.7 Å². The van der Waals surface area contributed by atoms with E-state index in [9.17, 15) is 14.4 Å². The summed E-state index contributed by atoms with van der Waals surface area (Å²) in [6.45, 7) is 2.37. The van der Waals surface area contributed by atoms with Gasteiger partial charge in [0, 0.05) is 11.4 Å². The van der Waals surface area contributed by atoms with Gasteiger partial charge in [0.1, 0.15) is 5.92 Å². The van der Waals surface area contributed by atoms with Crippen LogP contribution in [0.1, 0.15) is 11.8 Å². The third-order valence-corrected chi connectivity index (χ3v) is 3.58. The van der Waals surface area contributed by atoms with Crippen LogP contribution in [-0.4, -0.2) is 35.7 Å². The molecule has 0 aliphatic carbocycles. The maximum atomic E-state index is 11.7. The number of rotatable bonds is 4. The van der Waals surface area contributed by atoms with E-state index in [4.69, 9.17) is 4.74 Å². The fourth-order valence-electron chi connectivity index (χ4n) is 1.84. The molecule has 5 nitrogen and oxygen atoms in total. The highest BCUT2D eigenvalue weighted by molar-refractivity contribution is 7.09. The van der Waals surface area contributed by atoms with Crippen molar-refractivity contribution in [2.24, 2.45) is 5.92 Å². The van der Waals surface area contributed by atoms with Gasteiger partial charge in [-0.1, -0.05) is 6.07 Å². The normalized spacial score (nSPS) is 19.4. The number of carbonyl (C=O) groups excluding carboxylic acids is 3. The number of thiophene rings is 1. The van der Waals surface area contributed by atoms with E-state index in [1.54, 1.807) is 6.92 Å². The molecule has 1 aromatic rings. The molecule has 1 aromatic heterocycles. The highest BCUT2D eigenvalue weighted by atomic mass is 32.1. The number of ketones is 1. The molecule has 1 atom stereocenters. The van der Waals surface area contributed by atoms with E-state index < -0.39 is 23.6 Å². The maximum absolute atomic E-state index is 11.7. The molecule has 0 spiro atoms. The number of ether oxygens (including phenoxy) is 1. The van der Waals surface area contributed by atoms with Crippen LogP contribution in [0.3, 0.4) is 0 Å². The molecule has 1 aliphatic rings. The van der Waals surface area contributed by atoms with Crippen molar-refractivity contribution < 1.29 is 19.1 Å². The van der Waals surface area contributed by atoms with Gasteiger partial charge in [0.05, 0.1) is 13.2 Å². The van der Waals surface area contributed by atoms with Gasteiger partial charge in [-0.25, -0.2) is 0 Å². The van der Waals surface area contributed by atoms with E-state index in [0.717, 1.165) is 4.88 Å². The summed E-state index contributed by atoms with van der Waals surface area (Å²) in [5.41, 5.74) is 0. The number of Topliss-reactive ketones (excluding diaryl/α,β-unsaturated/α-hetero) is 1. The first-order valence-corrected chi connectivity index (χ1v) is 6.53. The molecule has 6 heteroatoms. The number of esters is 1. The van der Waals surface area contributed by atoms with Gasteiger partial charge < -0.3 is 9.64 Å². The molecule has 0 aromatic carbocycles. The average Bonchev–Trinajstić information content (AvgIpc) is 2.93. The molecule has 0 unspecified atom stereocenters. The first-order valence-electron chi connectivity index (χ1n) is 5.65. The molecule has 1 amide bonds. The fraction of sp³-hybridized carbons (Fsp3) is 0.417. The largest absolute Gasteiger partial charge is 0.465 e. The molecule has 0 N–H and O–H groups in total. The molecule has 0 saturated carbocycles. The zero-order valence-corrected chi connectivity index (χ0v) is 10.7. The minimum Gasteiger partial charge on any atom is -0.465 e. The number of carbonyl (C=O) groups is 3. The summed E-state index contributed by atoms with van der Waals surface area (Å²) in [4.78, 5) is 37.3. The van der Waals surface area contributed by atoms with E-state index in [1.807, 2.05) is 17.5 Å². The summed E-state index contributed by atoms with van der Waals surface area (Å²) in [5.74, 6) is -2.83. The fourth-order valence-corrected chi connectivity index (χ4v) is 2.56. The number of hydrogen-bond acceptors (Lipinski definition) is 5. The summed E-state index contributed by atoms with van der Waals surface area (Å²) >= 11 is 1.51. The van der Waals surface area contributed by atoms with Crippen LogP contribution >= 0.6 is 11.3 Å². The van der Waals surface area contributed by atoms with Gasteiger partial charge in [0.2, 0.25) is 5.78 Å². The van der Waals surface area contributed by atoms with Gasteiger partial charge in [0.25, 0.3) is 5.91 Å². The Morgan fingerprint density at radius 2 is 2.33 bits per heavy atom. The zero-order chi connectivity index (χ0) is 13.1. The Kier molecular flexibility index (Phi) is 3.76. The van der Waals surface area contributed by atoms with E-state index in [-0.39, 0.29) is 13.2 Å². The molecule has 2 heterocycles. The lowest BCUT2D eigenvalue weighted by Crippen LogP contribution is -2.26. The lowest BCUT2D eigenvalue weighted by Gasteiger charge is -2.13. The molecule has 0 bridgehead atoms. The third kappa shape index (κ3) is 2.43. The van der Waals surface area contributed by atoms with Crippen LogP contribution in [0, 0.1) is 5.92 Å². The highest BCUT2D eigenvalue weighted by Crippen LogP contribution is 2.20. The summed E-state index contributed by atoms with van der Waals surface area (Å²) in [6, 6.07) is 3.77. The summed E-state index contributed by atoms with van der Waals surface area (Å²) in [7, 11) is 0. The Hall–Kier alpha value is -1.69. The van der Waals surface area contributed by atoms with Crippen LogP contribution < -0.4 is 0 Å². The van der Waals surface area contributed by atoms with E-state index in [1.165, 1.54) is 16.2 Å². The zero-order valence-electron chi connectivity index (χ0n) is 9.92. The molecule has 1 saturated heterocycles. The Morgan fingerprint density at radius 1 is 1.56 bits per heavy atom. The van der Waals surface area contributed by atoms with Crippen molar-refractivity contribution >= 4 is 29.0 Å². The van der Waals surface area contributed by atoms with Gasteiger partial charge in [0.15, 0.2) is 0 Å². The van der Waals surface area contributed by atoms with Crippen LogP contribution in [0.4, 0.5) is 0 Å². The van der Waals surface area contributed by atoms with Crippen LogP contribution in [0.2, 0.25) is 0 Å². The lowest BCUT2D eigenvalue weighted by atomic mass is 10.1. The van der Waals surface area contributed by atoms with Crippen molar-refractivity contribution in [3.8, 4) is 0 Å². The van der Waals surface area contributed by atoms with Crippen molar-refractivity contribution in [2.75, 3.05) is 13.2 Å². The monoisotopic (exact) mass is 267 g/mol. The number of hydrogen-bond donors (Lipinski definition) is 0. The molecule has 18 heavy (non-hydrogen) atoms. The number of amides is 1. The Bertz CT molecular complexity index is 468. The first kappa shape index (κ1) is 12.8. The van der Waals surface area contributed by atoms with Crippen molar-refractivity contribution in [1.29, 1.82) is 0 Å². The van der Waals surface area contributed by atoms with Crippen LogP contribution in [0.25, 0.3) is 0 Å². The van der Waals surface area contributed by atoms with Gasteiger partial charge in [-0.3, -0.25) is 14.4 Å². The van der Waals surface area contributed by atoms with Crippen LogP contribution in [0.15, 0.2) is 17.5 Å². The second-order valence-electron chi connectivity index (χ2n) is 3.93. The molecule has 0 radical (unpaired) electrons. The quantitative estimate of drug-likeness (QED) is 0.460. The number of likely N-dealkylation sites (tertiary alicyclic amines) is 1. The van der Waals surface area contributed by atoms with Gasteiger partial charge in [-0.15, -0.1) is 11.3 Å². The predicted octanol–water partition coefficient (Wildman–Crippen LogP) is 0.839. The predicted molar refractivity (Wildman–Crippen MR) is 64.9 cm³/mol. The molecular weight excluding hydrogens is 254 g/mol. The summed E-state index contributed by atoms with van der Waals surface area (Å²) in [5, 5.41) is 1.90. The van der Waals surface area contributed by atoms with Crippen molar-refractivity contribution in [2.45, 2.75) is 13.5 Å². The van der Waals surface area contributed by atoms with Crippen molar-refractivity contribution in [3.05, 3.63) is 22.4 Å². The van der Waals surface area contributed by atoms with Crippen molar-refractivity contribution in [1.82, 2.24) is 4.90 Å². The SMILES string of the molecule is CCOC(=O)[C@@H]1CN(Cc2cccs2)C(=O)C1=O. The highest BCUT2D eigenvalue weighted by Gasteiger charge is 2.43.